The third-order valence-electron chi connectivity index (χ3n) is 4.09. The lowest BCUT2D eigenvalue weighted by atomic mass is 9.96. The molecule has 1 saturated heterocycles. The molecule has 0 radical (unpaired) electrons. The lowest BCUT2D eigenvalue weighted by Crippen LogP contribution is -2.46. The summed E-state index contributed by atoms with van der Waals surface area (Å²) in [5.41, 5.74) is 0. The first kappa shape index (κ1) is 15.8. The molecule has 1 aliphatic carbocycles. The zero-order chi connectivity index (χ0) is 15.8. The highest BCUT2D eigenvalue weighted by Crippen LogP contribution is 2.37. The molecule has 1 heterocycles. The van der Waals surface area contributed by atoms with Crippen LogP contribution < -0.4 is 5.32 Å². The van der Waals surface area contributed by atoms with Gasteiger partial charge < -0.3 is 15.3 Å². The number of aliphatic carboxylic acids is 1. The molecule has 0 spiro atoms. The van der Waals surface area contributed by atoms with Crippen molar-refractivity contribution in [2.75, 3.05) is 13.1 Å². The molecular weight excluding hydrogens is 296 g/mol. The maximum absolute atomic E-state index is 13.4. The second-order valence-electron chi connectivity index (χ2n) is 5.50. The molecule has 0 bridgehead atoms. The van der Waals surface area contributed by atoms with Gasteiger partial charge in [0.2, 0.25) is 0 Å². The smallest absolute Gasteiger partial charge is 0.394 e. The molecule has 2 N–H and O–H groups in total. The van der Waals surface area contributed by atoms with E-state index in [0.29, 0.717) is 19.3 Å². The van der Waals surface area contributed by atoms with Crippen molar-refractivity contribution in [1.29, 1.82) is 0 Å². The van der Waals surface area contributed by atoms with Gasteiger partial charge in [0.25, 0.3) is 0 Å². The molecule has 0 aromatic heterocycles. The summed E-state index contributed by atoms with van der Waals surface area (Å²) >= 11 is 0. The fourth-order valence-corrected chi connectivity index (χ4v) is 2.88. The number of amides is 2. The fraction of sp³-hybridized carbons (Fsp3) is 0.833. The maximum atomic E-state index is 13.4. The quantitative estimate of drug-likeness (QED) is 0.764. The van der Waals surface area contributed by atoms with Crippen molar-refractivity contribution in [3.63, 3.8) is 0 Å². The predicted octanol–water partition coefficient (Wildman–Crippen LogP) is 1.78. The first-order valence-corrected chi connectivity index (χ1v) is 6.69. The summed E-state index contributed by atoms with van der Waals surface area (Å²) in [4.78, 5) is 23.6. The number of nitrogens with one attached hydrogen (secondary N) is 1. The number of hydrogen-bond acceptors (Lipinski definition) is 2. The van der Waals surface area contributed by atoms with Crippen LogP contribution in [0.5, 0.6) is 0 Å². The van der Waals surface area contributed by atoms with Gasteiger partial charge in [-0.1, -0.05) is 0 Å². The Morgan fingerprint density at radius 2 is 1.86 bits per heavy atom. The van der Waals surface area contributed by atoms with E-state index < -0.39 is 55.3 Å². The number of carboxylic acid groups (broad SMARTS) is 1. The maximum Gasteiger partial charge on any atom is 0.394 e. The third-order valence-corrected chi connectivity index (χ3v) is 4.09. The van der Waals surface area contributed by atoms with Crippen LogP contribution in [0.2, 0.25) is 0 Å². The van der Waals surface area contributed by atoms with Crippen LogP contribution in [-0.2, 0) is 4.79 Å². The van der Waals surface area contributed by atoms with Gasteiger partial charge in [0.1, 0.15) is 6.17 Å². The Hall–Kier alpha value is -1.54. The summed E-state index contributed by atoms with van der Waals surface area (Å²) < 4.78 is 51.8. The molecule has 21 heavy (non-hydrogen) atoms. The van der Waals surface area contributed by atoms with Crippen molar-refractivity contribution < 1.29 is 32.3 Å². The third kappa shape index (κ3) is 3.38. The molecule has 2 rings (SSSR count). The van der Waals surface area contributed by atoms with Gasteiger partial charge in [-0.25, -0.2) is 9.18 Å². The molecule has 5 nitrogen and oxygen atoms in total. The van der Waals surface area contributed by atoms with Crippen LogP contribution in [-0.4, -0.2) is 53.5 Å². The van der Waals surface area contributed by atoms with Crippen LogP contribution >= 0.6 is 0 Å². The number of carbonyl (C=O) groups excluding carboxylic acids is 1. The van der Waals surface area contributed by atoms with E-state index in [1.165, 1.54) is 0 Å². The minimum Gasteiger partial charge on any atom is -0.481 e. The minimum absolute atomic E-state index is 0.313. The molecule has 2 amide bonds. The highest BCUT2D eigenvalue weighted by molar-refractivity contribution is 5.78. The lowest BCUT2D eigenvalue weighted by Gasteiger charge is -2.22. The van der Waals surface area contributed by atoms with Crippen LogP contribution in [0.3, 0.4) is 0 Å². The van der Waals surface area contributed by atoms with Crippen molar-refractivity contribution >= 4 is 12.0 Å². The Balaban J connectivity index is 2.01. The number of likely N-dealkylation sites (tertiary alicyclic amines) is 1. The van der Waals surface area contributed by atoms with Crippen molar-refractivity contribution in [2.24, 2.45) is 11.8 Å². The number of carboxylic acids is 1. The van der Waals surface area contributed by atoms with E-state index in [0.717, 1.165) is 4.90 Å². The standard InChI is InChI=1S/C12H16F4N2O3/c13-8-2-1-3-9(8)17-11(21)18-4-6(10(19)20)7(5-18)12(14,15)16/h6-9H,1-5H2,(H,17,21)(H,19,20)/t6-,7-,8+,9-/m1/s1. The van der Waals surface area contributed by atoms with Crippen LogP contribution in [0.25, 0.3) is 0 Å². The molecule has 0 aromatic carbocycles. The predicted molar refractivity (Wildman–Crippen MR) is 63.3 cm³/mol. The van der Waals surface area contributed by atoms with E-state index in [4.69, 9.17) is 5.11 Å². The Bertz CT molecular complexity index is 429. The number of halogens is 4. The van der Waals surface area contributed by atoms with Crippen molar-refractivity contribution in [1.82, 2.24) is 10.2 Å². The normalized spacial score (nSPS) is 33.2. The molecule has 2 fully saturated rings. The summed E-state index contributed by atoms with van der Waals surface area (Å²) in [6, 6.07) is -1.53. The summed E-state index contributed by atoms with van der Waals surface area (Å²) in [5, 5.41) is 11.2. The lowest BCUT2D eigenvalue weighted by molar-refractivity contribution is -0.187. The SMILES string of the molecule is O=C(O)[C@@H]1CN(C(=O)N[C@@H]2CCC[C@@H]2F)C[C@H]1C(F)(F)F. The summed E-state index contributed by atoms with van der Waals surface area (Å²) in [6.45, 7) is -1.23. The number of rotatable bonds is 2. The largest absolute Gasteiger partial charge is 0.481 e. The van der Waals surface area contributed by atoms with Gasteiger partial charge in [0.05, 0.1) is 17.9 Å². The van der Waals surface area contributed by atoms with Crippen molar-refractivity contribution in [2.45, 2.75) is 37.7 Å². The van der Waals surface area contributed by atoms with Gasteiger partial charge >= 0.3 is 18.2 Å². The van der Waals surface area contributed by atoms with Crippen molar-refractivity contribution in [3.8, 4) is 0 Å². The molecule has 2 aliphatic rings. The average molecular weight is 312 g/mol. The Morgan fingerprint density at radius 1 is 1.19 bits per heavy atom. The molecule has 120 valence electrons. The topological polar surface area (TPSA) is 69.6 Å². The first-order valence-electron chi connectivity index (χ1n) is 6.69. The highest BCUT2D eigenvalue weighted by Gasteiger charge is 2.53. The van der Waals surface area contributed by atoms with E-state index in [9.17, 15) is 27.2 Å². The Morgan fingerprint density at radius 3 is 2.29 bits per heavy atom. The van der Waals surface area contributed by atoms with E-state index in [1.807, 2.05) is 0 Å². The molecule has 0 aromatic rings. The van der Waals surface area contributed by atoms with Gasteiger partial charge in [-0.2, -0.15) is 13.2 Å². The number of nitrogens with zero attached hydrogens (tertiary/aromatic N) is 1. The summed E-state index contributed by atoms with van der Waals surface area (Å²) in [6.07, 6.45) is -4.53. The fourth-order valence-electron chi connectivity index (χ4n) is 2.88. The highest BCUT2D eigenvalue weighted by atomic mass is 19.4. The minimum atomic E-state index is -4.69. The van der Waals surface area contributed by atoms with Crippen LogP contribution in [0, 0.1) is 11.8 Å². The number of urea groups is 1. The van der Waals surface area contributed by atoms with E-state index in [-0.39, 0.29) is 0 Å². The molecular formula is C12H16F4N2O3. The van der Waals surface area contributed by atoms with Gasteiger partial charge in [0, 0.05) is 13.1 Å². The van der Waals surface area contributed by atoms with Crippen molar-refractivity contribution in [3.05, 3.63) is 0 Å². The summed E-state index contributed by atoms with van der Waals surface area (Å²) in [7, 11) is 0. The molecule has 9 heteroatoms. The van der Waals surface area contributed by atoms with Gasteiger partial charge in [-0.3, -0.25) is 4.79 Å². The average Bonchev–Trinajstić information content (AvgIpc) is 2.95. The van der Waals surface area contributed by atoms with Gasteiger partial charge in [0.15, 0.2) is 0 Å². The van der Waals surface area contributed by atoms with E-state index in [1.54, 1.807) is 0 Å². The second kappa shape index (κ2) is 5.69. The van der Waals surface area contributed by atoms with Gasteiger partial charge in [-0.05, 0) is 19.3 Å². The molecule has 4 atom stereocenters. The number of carbonyl (C=O) groups is 2. The number of alkyl halides is 4. The van der Waals surface area contributed by atoms with Crippen LogP contribution in [0.4, 0.5) is 22.4 Å². The molecule has 1 saturated carbocycles. The van der Waals surface area contributed by atoms with Gasteiger partial charge in [-0.15, -0.1) is 0 Å². The van der Waals surface area contributed by atoms with Crippen LogP contribution in [0.1, 0.15) is 19.3 Å². The summed E-state index contributed by atoms with van der Waals surface area (Å²) in [5.74, 6) is -5.36. The van der Waals surface area contributed by atoms with E-state index in [2.05, 4.69) is 5.32 Å². The van der Waals surface area contributed by atoms with Crippen LogP contribution in [0.15, 0.2) is 0 Å². The molecule has 0 unspecified atom stereocenters. The Kier molecular flexibility index (Phi) is 4.29. The first-order chi connectivity index (χ1) is 9.70. The zero-order valence-corrected chi connectivity index (χ0v) is 11.1. The molecule has 1 aliphatic heterocycles. The zero-order valence-electron chi connectivity index (χ0n) is 11.1. The number of hydrogen-bond donors (Lipinski definition) is 2. The monoisotopic (exact) mass is 312 g/mol. The second-order valence-corrected chi connectivity index (χ2v) is 5.50. The Labute approximate surface area is 118 Å². The van der Waals surface area contributed by atoms with E-state index >= 15 is 0 Å².